The molecule has 0 atom stereocenters. The number of nitrogens with one attached hydrogen (secondary N) is 1. The van der Waals surface area contributed by atoms with E-state index in [0.717, 1.165) is 28.2 Å². The maximum Gasteiger partial charge on any atom is 0.224 e. The SMILES string of the molecule is Cc1ccc2sc(-c3ccc(NC(=O)CCc4ccccc4)cc3)nc2c1. The van der Waals surface area contributed by atoms with Gasteiger partial charge in [-0.05, 0) is 60.9 Å². The molecule has 0 aliphatic rings. The zero-order valence-electron chi connectivity index (χ0n) is 15.1. The van der Waals surface area contributed by atoms with Crippen molar-refractivity contribution in [3.05, 3.63) is 83.9 Å². The molecule has 1 aromatic heterocycles. The number of nitrogens with zero attached hydrogens (tertiary/aromatic N) is 1. The smallest absolute Gasteiger partial charge is 0.224 e. The Morgan fingerprint density at radius 3 is 2.56 bits per heavy atom. The highest BCUT2D eigenvalue weighted by atomic mass is 32.1. The van der Waals surface area contributed by atoms with E-state index in [2.05, 4.69) is 30.4 Å². The van der Waals surface area contributed by atoms with Gasteiger partial charge in [-0.1, -0.05) is 36.4 Å². The monoisotopic (exact) mass is 372 g/mol. The summed E-state index contributed by atoms with van der Waals surface area (Å²) in [6, 6.07) is 24.3. The maximum absolute atomic E-state index is 12.2. The van der Waals surface area contributed by atoms with Crippen LogP contribution in [0.3, 0.4) is 0 Å². The Morgan fingerprint density at radius 2 is 1.78 bits per heavy atom. The van der Waals surface area contributed by atoms with Crippen molar-refractivity contribution in [2.24, 2.45) is 0 Å². The summed E-state index contributed by atoms with van der Waals surface area (Å²) < 4.78 is 1.19. The fraction of sp³-hybridized carbons (Fsp3) is 0.130. The van der Waals surface area contributed by atoms with E-state index in [0.29, 0.717) is 6.42 Å². The number of thiazole rings is 1. The van der Waals surface area contributed by atoms with Crippen molar-refractivity contribution in [3.8, 4) is 10.6 Å². The van der Waals surface area contributed by atoms with E-state index in [1.807, 2.05) is 54.6 Å². The second-order valence-electron chi connectivity index (χ2n) is 6.60. The number of aryl methyl sites for hydroxylation is 2. The van der Waals surface area contributed by atoms with E-state index in [9.17, 15) is 4.79 Å². The Hall–Kier alpha value is -2.98. The second kappa shape index (κ2) is 7.72. The van der Waals surface area contributed by atoms with Crippen LogP contribution in [-0.2, 0) is 11.2 Å². The third kappa shape index (κ3) is 4.23. The highest BCUT2D eigenvalue weighted by Gasteiger charge is 2.08. The molecule has 134 valence electrons. The van der Waals surface area contributed by atoms with Gasteiger partial charge in [0.2, 0.25) is 5.91 Å². The Balaban J connectivity index is 1.41. The summed E-state index contributed by atoms with van der Waals surface area (Å²) in [6.07, 6.45) is 1.22. The number of carbonyl (C=O) groups is 1. The minimum atomic E-state index is 0.0297. The number of benzene rings is 3. The van der Waals surface area contributed by atoms with Crippen LogP contribution >= 0.6 is 11.3 Å². The lowest BCUT2D eigenvalue weighted by Crippen LogP contribution is -2.12. The highest BCUT2D eigenvalue weighted by molar-refractivity contribution is 7.21. The summed E-state index contributed by atoms with van der Waals surface area (Å²) in [5, 5.41) is 3.97. The van der Waals surface area contributed by atoms with Gasteiger partial charge in [0.15, 0.2) is 0 Å². The van der Waals surface area contributed by atoms with Gasteiger partial charge in [0.1, 0.15) is 5.01 Å². The molecule has 0 saturated carbocycles. The van der Waals surface area contributed by atoms with Crippen LogP contribution in [0.25, 0.3) is 20.8 Å². The molecule has 4 rings (SSSR count). The van der Waals surface area contributed by atoms with Crippen molar-refractivity contribution in [2.75, 3.05) is 5.32 Å². The van der Waals surface area contributed by atoms with Crippen LogP contribution in [0.5, 0.6) is 0 Å². The van der Waals surface area contributed by atoms with E-state index < -0.39 is 0 Å². The molecule has 0 bridgehead atoms. The molecular formula is C23H20N2OS. The maximum atomic E-state index is 12.2. The Kier molecular flexibility index (Phi) is 4.99. The van der Waals surface area contributed by atoms with Crippen LogP contribution in [0.1, 0.15) is 17.5 Å². The Bertz CT molecular complexity index is 1070. The highest BCUT2D eigenvalue weighted by Crippen LogP contribution is 2.31. The van der Waals surface area contributed by atoms with Gasteiger partial charge in [-0.2, -0.15) is 0 Å². The van der Waals surface area contributed by atoms with E-state index in [-0.39, 0.29) is 5.91 Å². The van der Waals surface area contributed by atoms with E-state index in [4.69, 9.17) is 4.98 Å². The number of aromatic nitrogens is 1. The molecule has 4 aromatic rings. The number of carbonyl (C=O) groups excluding carboxylic acids is 1. The summed E-state index contributed by atoms with van der Waals surface area (Å²) in [7, 11) is 0. The van der Waals surface area contributed by atoms with Gasteiger partial charge < -0.3 is 5.32 Å². The average Bonchev–Trinajstić information content (AvgIpc) is 3.11. The molecule has 0 aliphatic heterocycles. The molecule has 1 amide bonds. The molecule has 0 unspecified atom stereocenters. The summed E-state index contributed by atoms with van der Waals surface area (Å²) in [5.74, 6) is 0.0297. The quantitative estimate of drug-likeness (QED) is 0.478. The summed E-state index contributed by atoms with van der Waals surface area (Å²) in [5.41, 5.74) is 5.31. The number of rotatable bonds is 5. The molecule has 3 aromatic carbocycles. The lowest BCUT2D eigenvalue weighted by atomic mass is 10.1. The van der Waals surface area contributed by atoms with Crippen molar-refractivity contribution < 1.29 is 4.79 Å². The van der Waals surface area contributed by atoms with Gasteiger partial charge in [0, 0.05) is 17.7 Å². The average molecular weight is 372 g/mol. The molecule has 3 nitrogen and oxygen atoms in total. The van der Waals surface area contributed by atoms with Crippen LogP contribution in [0.2, 0.25) is 0 Å². The second-order valence-corrected chi connectivity index (χ2v) is 7.63. The predicted molar refractivity (Wildman–Crippen MR) is 113 cm³/mol. The summed E-state index contributed by atoms with van der Waals surface area (Å²) in [4.78, 5) is 16.9. The Morgan fingerprint density at radius 1 is 1.00 bits per heavy atom. The largest absolute Gasteiger partial charge is 0.326 e. The molecule has 1 N–H and O–H groups in total. The lowest BCUT2D eigenvalue weighted by Gasteiger charge is -2.06. The van der Waals surface area contributed by atoms with Crippen molar-refractivity contribution in [1.82, 2.24) is 4.98 Å². The summed E-state index contributed by atoms with van der Waals surface area (Å²) >= 11 is 1.69. The Labute approximate surface area is 162 Å². The number of hydrogen-bond donors (Lipinski definition) is 1. The van der Waals surface area contributed by atoms with Crippen molar-refractivity contribution in [2.45, 2.75) is 19.8 Å². The third-order valence-corrected chi connectivity index (χ3v) is 5.53. The molecule has 0 saturated heterocycles. The topological polar surface area (TPSA) is 42.0 Å². The van der Waals surface area contributed by atoms with E-state index in [1.54, 1.807) is 11.3 Å². The van der Waals surface area contributed by atoms with E-state index >= 15 is 0 Å². The molecule has 1 heterocycles. The fourth-order valence-electron chi connectivity index (χ4n) is 2.98. The fourth-order valence-corrected chi connectivity index (χ4v) is 3.93. The molecular weight excluding hydrogens is 352 g/mol. The first-order chi connectivity index (χ1) is 13.2. The third-order valence-electron chi connectivity index (χ3n) is 4.44. The van der Waals surface area contributed by atoms with Crippen LogP contribution in [-0.4, -0.2) is 10.9 Å². The molecule has 0 spiro atoms. The predicted octanol–water partition coefficient (Wildman–Crippen LogP) is 5.84. The normalized spacial score (nSPS) is 10.9. The van der Waals surface area contributed by atoms with Gasteiger partial charge in [-0.25, -0.2) is 4.98 Å². The van der Waals surface area contributed by atoms with Gasteiger partial charge in [-0.3, -0.25) is 4.79 Å². The van der Waals surface area contributed by atoms with Crippen molar-refractivity contribution in [3.63, 3.8) is 0 Å². The minimum absolute atomic E-state index is 0.0297. The molecule has 0 fully saturated rings. The lowest BCUT2D eigenvalue weighted by molar-refractivity contribution is -0.116. The molecule has 0 aliphatic carbocycles. The number of hydrogen-bond acceptors (Lipinski definition) is 3. The first kappa shape index (κ1) is 17.4. The number of fused-ring (bicyclic) bond motifs is 1. The van der Waals surface area contributed by atoms with Gasteiger partial charge in [0.25, 0.3) is 0 Å². The number of amides is 1. The van der Waals surface area contributed by atoms with Crippen molar-refractivity contribution >= 4 is 33.1 Å². The van der Waals surface area contributed by atoms with Crippen LogP contribution < -0.4 is 5.32 Å². The van der Waals surface area contributed by atoms with Gasteiger partial charge in [0.05, 0.1) is 10.2 Å². The zero-order chi connectivity index (χ0) is 18.6. The first-order valence-corrected chi connectivity index (χ1v) is 9.80. The van der Waals surface area contributed by atoms with Crippen molar-refractivity contribution in [1.29, 1.82) is 0 Å². The van der Waals surface area contributed by atoms with E-state index in [1.165, 1.54) is 15.8 Å². The zero-order valence-corrected chi connectivity index (χ0v) is 15.9. The standard InChI is InChI=1S/C23H20N2OS/c1-16-7-13-21-20(15-16)25-23(27-21)18-9-11-19(12-10-18)24-22(26)14-8-17-5-3-2-4-6-17/h2-7,9-13,15H,8,14H2,1H3,(H,24,26). The first-order valence-electron chi connectivity index (χ1n) is 8.99. The molecule has 4 heteroatoms. The summed E-state index contributed by atoms with van der Waals surface area (Å²) in [6.45, 7) is 2.08. The number of anilines is 1. The van der Waals surface area contributed by atoms with Gasteiger partial charge >= 0.3 is 0 Å². The minimum Gasteiger partial charge on any atom is -0.326 e. The van der Waals surface area contributed by atoms with Crippen LogP contribution in [0, 0.1) is 6.92 Å². The van der Waals surface area contributed by atoms with Gasteiger partial charge in [-0.15, -0.1) is 11.3 Å². The van der Waals surface area contributed by atoms with Crippen LogP contribution in [0.15, 0.2) is 72.8 Å². The molecule has 0 radical (unpaired) electrons. The molecule has 27 heavy (non-hydrogen) atoms. The van der Waals surface area contributed by atoms with Crippen LogP contribution in [0.4, 0.5) is 5.69 Å².